The number of aliphatic hydroxyl groups excluding tert-OH is 8. The smallest absolute Gasteiger partial charge is 0.187 e. The average Bonchev–Trinajstić information content (AvgIpc) is 3.37. The van der Waals surface area contributed by atoms with Crippen molar-refractivity contribution in [2.24, 2.45) is 46.3 Å². The number of hydrogen-bond donors (Lipinski definition) is 9. The van der Waals surface area contributed by atoms with Crippen molar-refractivity contribution in [2.75, 3.05) is 26.9 Å². The molecule has 0 aromatic carbocycles. The van der Waals surface area contributed by atoms with E-state index in [0.717, 1.165) is 12.8 Å². The Morgan fingerprint density at radius 1 is 0.750 bits per heavy atom. The van der Waals surface area contributed by atoms with Crippen LogP contribution in [0.15, 0.2) is 12.2 Å². The Hall–Kier alpha value is -0.820. The SMILES string of the molecule is COC1C(OC2C(OCCC(C)C=CC(C)C3CC(O)C4C3(C)CCC3C5(C)CCC(O)C(O)C5C(O)CC34O)OCC(O)C2O)OCC(O)C1O. The van der Waals surface area contributed by atoms with Crippen molar-refractivity contribution in [2.45, 2.75) is 152 Å². The summed E-state index contributed by atoms with van der Waals surface area (Å²) < 4.78 is 28.4. The highest BCUT2D eigenvalue weighted by Crippen LogP contribution is 2.69. The zero-order valence-electron chi connectivity index (χ0n) is 31.2. The lowest BCUT2D eigenvalue weighted by molar-refractivity contribution is -0.345. The molecule has 2 heterocycles. The van der Waals surface area contributed by atoms with Crippen LogP contribution < -0.4 is 0 Å². The number of methoxy groups -OCH3 is 1. The molecule has 300 valence electrons. The summed E-state index contributed by atoms with van der Waals surface area (Å²) in [7, 11) is 1.34. The van der Waals surface area contributed by atoms with Crippen molar-refractivity contribution >= 4 is 0 Å². The largest absolute Gasteiger partial charge is 0.393 e. The van der Waals surface area contributed by atoms with Gasteiger partial charge in [0.2, 0.25) is 0 Å². The van der Waals surface area contributed by atoms with Crippen LogP contribution in [0, 0.1) is 46.3 Å². The maximum Gasteiger partial charge on any atom is 0.187 e. The van der Waals surface area contributed by atoms with Gasteiger partial charge in [-0.25, -0.2) is 0 Å². The van der Waals surface area contributed by atoms with E-state index >= 15 is 0 Å². The number of hydrogen-bond acceptors (Lipinski definition) is 14. The molecule has 9 N–H and O–H groups in total. The number of rotatable bonds is 10. The molecule has 21 atom stereocenters. The van der Waals surface area contributed by atoms with Gasteiger partial charge in [0.1, 0.15) is 36.6 Å². The van der Waals surface area contributed by atoms with E-state index in [0.29, 0.717) is 25.7 Å². The summed E-state index contributed by atoms with van der Waals surface area (Å²) in [6.07, 6.45) is -4.96. The number of ether oxygens (including phenoxy) is 5. The lowest BCUT2D eigenvalue weighted by Gasteiger charge is -2.66. The summed E-state index contributed by atoms with van der Waals surface area (Å²) in [6, 6.07) is 0. The van der Waals surface area contributed by atoms with Crippen molar-refractivity contribution in [3.8, 4) is 0 Å². The highest BCUT2D eigenvalue weighted by atomic mass is 16.8. The third kappa shape index (κ3) is 7.06. The lowest BCUT2D eigenvalue weighted by Crippen LogP contribution is -2.70. The third-order valence-corrected chi connectivity index (χ3v) is 14.5. The standard InChI is InChI=1S/C38H64O14/c1-18(10-13-49-34-32(30(46)25(43)16-50-34)52-35-31(48-5)29(45)24(42)17-51-35)6-7-19(2)20-14-22(40)33-36(20,3)12-9-26-37(4)11-8-21(39)28(44)27(37)23(41)15-38(26,33)47/h6-7,18-35,39-47H,8-17H2,1-5H3. The van der Waals surface area contributed by atoms with Gasteiger partial charge in [0.15, 0.2) is 12.6 Å². The summed E-state index contributed by atoms with van der Waals surface area (Å²) in [5.74, 6) is -0.876. The van der Waals surface area contributed by atoms with Gasteiger partial charge in [0.25, 0.3) is 0 Å². The van der Waals surface area contributed by atoms with E-state index in [9.17, 15) is 46.0 Å². The van der Waals surface area contributed by atoms with E-state index in [1.165, 1.54) is 7.11 Å². The van der Waals surface area contributed by atoms with Crippen LogP contribution in [0.1, 0.15) is 72.6 Å². The van der Waals surface area contributed by atoms with Crippen LogP contribution in [0.2, 0.25) is 0 Å². The fraction of sp³-hybridized carbons (Fsp3) is 0.947. The maximum atomic E-state index is 12.6. The molecule has 14 heteroatoms. The van der Waals surface area contributed by atoms with Gasteiger partial charge >= 0.3 is 0 Å². The van der Waals surface area contributed by atoms with E-state index in [1.54, 1.807) is 0 Å². The van der Waals surface area contributed by atoms with Crippen LogP contribution in [-0.4, -0.2) is 152 Å². The van der Waals surface area contributed by atoms with Gasteiger partial charge in [0, 0.05) is 25.4 Å². The van der Waals surface area contributed by atoms with Crippen molar-refractivity contribution in [1.82, 2.24) is 0 Å². The predicted octanol–water partition coefficient (Wildman–Crippen LogP) is -0.175. The molecule has 21 unspecified atom stereocenters. The van der Waals surface area contributed by atoms with Gasteiger partial charge in [-0.2, -0.15) is 0 Å². The first-order valence-corrected chi connectivity index (χ1v) is 19.4. The van der Waals surface area contributed by atoms with E-state index in [2.05, 4.69) is 32.9 Å². The summed E-state index contributed by atoms with van der Waals surface area (Å²) >= 11 is 0. The second kappa shape index (κ2) is 15.6. The molecule has 0 spiro atoms. The molecule has 2 aliphatic heterocycles. The Morgan fingerprint density at radius 2 is 1.38 bits per heavy atom. The molecule has 4 saturated carbocycles. The Morgan fingerprint density at radius 3 is 2.06 bits per heavy atom. The van der Waals surface area contributed by atoms with Crippen molar-refractivity contribution in [3.63, 3.8) is 0 Å². The number of allylic oxidation sites excluding steroid dienone is 2. The third-order valence-electron chi connectivity index (χ3n) is 14.5. The molecule has 4 aliphatic carbocycles. The first-order chi connectivity index (χ1) is 24.5. The Kier molecular flexibility index (Phi) is 12.3. The first-order valence-electron chi connectivity index (χ1n) is 19.4. The molecule has 52 heavy (non-hydrogen) atoms. The Labute approximate surface area is 306 Å². The monoisotopic (exact) mass is 744 g/mol. The normalized spacial score (nSPS) is 53.6. The minimum Gasteiger partial charge on any atom is -0.393 e. The van der Waals surface area contributed by atoms with Gasteiger partial charge in [-0.15, -0.1) is 0 Å². The van der Waals surface area contributed by atoms with Crippen LogP contribution in [-0.2, 0) is 23.7 Å². The highest BCUT2D eigenvalue weighted by molar-refractivity contribution is 5.21. The van der Waals surface area contributed by atoms with Crippen LogP contribution in [0.25, 0.3) is 0 Å². The molecule has 0 amide bonds. The van der Waals surface area contributed by atoms with Crippen LogP contribution >= 0.6 is 0 Å². The Bertz CT molecular complexity index is 1240. The molecule has 14 nitrogen and oxygen atoms in total. The van der Waals surface area contributed by atoms with Gasteiger partial charge in [-0.05, 0) is 73.0 Å². The molecule has 6 aliphatic rings. The molecule has 0 aromatic heterocycles. The predicted molar refractivity (Wildman–Crippen MR) is 184 cm³/mol. The fourth-order valence-electron chi connectivity index (χ4n) is 11.8. The molecule has 2 saturated heterocycles. The molecule has 0 radical (unpaired) electrons. The van der Waals surface area contributed by atoms with Crippen LogP contribution in [0.3, 0.4) is 0 Å². The molecule has 6 fully saturated rings. The molecule has 6 rings (SSSR count). The summed E-state index contributed by atoms with van der Waals surface area (Å²) in [5, 5.41) is 98.2. The van der Waals surface area contributed by atoms with Gasteiger partial charge in [0.05, 0.1) is 49.8 Å². The zero-order chi connectivity index (χ0) is 37.9. The summed E-state index contributed by atoms with van der Waals surface area (Å²) in [6.45, 7) is 8.31. The lowest BCUT2D eigenvalue weighted by atomic mass is 9.41. The summed E-state index contributed by atoms with van der Waals surface area (Å²) in [5.41, 5.74) is -2.21. The quantitative estimate of drug-likeness (QED) is 0.132. The maximum absolute atomic E-state index is 12.6. The summed E-state index contributed by atoms with van der Waals surface area (Å²) in [4.78, 5) is 0. The van der Waals surface area contributed by atoms with Gasteiger partial charge in [-0.1, -0.05) is 39.8 Å². The van der Waals surface area contributed by atoms with Gasteiger partial charge in [-0.3, -0.25) is 0 Å². The zero-order valence-corrected chi connectivity index (χ0v) is 31.2. The highest BCUT2D eigenvalue weighted by Gasteiger charge is 2.71. The van der Waals surface area contributed by atoms with Crippen molar-refractivity contribution in [1.29, 1.82) is 0 Å². The molecule has 0 bridgehead atoms. The minimum absolute atomic E-state index is 0.0747. The van der Waals surface area contributed by atoms with E-state index in [4.69, 9.17) is 23.7 Å². The minimum atomic E-state index is -1.36. The average molecular weight is 745 g/mol. The number of fused-ring (bicyclic) bond motifs is 5. The Balaban J connectivity index is 1.06. The molecular formula is C38H64O14. The van der Waals surface area contributed by atoms with E-state index < -0.39 is 96.5 Å². The van der Waals surface area contributed by atoms with E-state index in [1.807, 2.05) is 6.92 Å². The second-order valence-electron chi connectivity index (χ2n) is 17.6. The molecular weight excluding hydrogens is 680 g/mol. The fourth-order valence-corrected chi connectivity index (χ4v) is 11.8. The van der Waals surface area contributed by atoms with Gasteiger partial charge < -0.3 is 69.6 Å². The number of aliphatic hydroxyl groups is 9. The van der Waals surface area contributed by atoms with Crippen molar-refractivity contribution < 1.29 is 69.6 Å². The van der Waals surface area contributed by atoms with Crippen LogP contribution in [0.4, 0.5) is 0 Å². The van der Waals surface area contributed by atoms with Crippen LogP contribution in [0.5, 0.6) is 0 Å². The first kappa shape index (κ1) is 40.8. The van der Waals surface area contributed by atoms with Crippen molar-refractivity contribution in [3.05, 3.63) is 12.2 Å². The topological polar surface area (TPSA) is 228 Å². The second-order valence-corrected chi connectivity index (χ2v) is 17.6. The molecule has 0 aromatic rings. The van der Waals surface area contributed by atoms with E-state index in [-0.39, 0.29) is 55.3 Å².